The van der Waals surface area contributed by atoms with Gasteiger partial charge in [0.05, 0.1) is 6.17 Å². The van der Waals surface area contributed by atoms with E-state index in [9.17, 15) is 0 Å². The Morgan fingerprint density at radius 3 is 2.89 bits per heavy atom. The van der Waals surface area contributed by atoms with Crippen molar-refractivity contribution in [3.05, 3.63) is 42.5 Å². The van der Waals surface area contributed by atoms with Crippen LogP contribution < -0.4 is 5.32 Å². The predicted molar refractivity (Wildman–Crippen MR) is 76.8 cm³/mol. The molecule has 0 spiro atoms. The van der Waals surface area contributed by atoms with Gasteiger partial charge >= 0.3 is 0 Å². The molecule has 18 heavy (non-hydrogen) atoms. The van der Waals surface area contributed by atoms with Crippen LogP contribution in [-0.2, 0) is 5.41 Å². The lowest BCUT2D eigenvalue weighted by atomic mass is 9.61. The Morgan fingerprint density at radius 2 is 2.17 bits per heavy atom. The van der Waals surface area contributed by atoms with Gasteiger partial charge in [-0.25, -0.2) is 0 Å². The largest absolute Gasteiger partial charge is 0.369 e. The average molecular weight is 242 g/mol. The smallest absolute Gasteiger partial charge is 0.0899 e. The third-order valence-electron chi connectivity index (χ3n) is 5.13. The molecule has 1 aromatic rings. The van der Waals surface area contributed by atoms with E-state index in [2.05, 4.69) is 68.0 Å². The first-order chi connectivity index (χ1) is 8.53. The van der Waals surface area contributed by atoms with Crippen molar-refractivity contribution in [1.82, 2.24) is 4.90 Å². The maximum absolute atomic E-state index is 4.08. The van der Waals surface area contributed by atoms with Gasteiger partial charge in [0.25, 0.3) is 0 Å². The number of para-hydroxylation sites is 1. The zero-order valence-corrected chi connectivity index (χ0v) is 11.5. The highest BCUT2D eigenvalue weighted by Gasteiger charge is 2.59. The molecule has 0 radical (unpaired) electrons. The summed E-state index contributed by atoms with van der Waals surface area (Å²) >= 11 is 0. The van der Waals surface area contributed by atoms with Crippen LogP contribution in [-0.4, -0.2) is 24.7 Å². The van der Waals surface area contributed by atoms with Gasteiger partial charge in [0.1, 0.15) is 0 Å². The zero-order chi connectivity index (χ0) is 13.0. The molecule has 96 valence electrons. The molecule has 1 fully saturated rings. The van der Waals surface area contributed by atoms with E-state index in [1.54, 1.807) is 0 Å². The predicted octanol–water partition coefficient (Wildman–Crippen LogP) is 3.22. The topological polar surface area (TPSA) is 15.3 Å². The Bertz CT molecular complexity index is 492. The third kappa shape index (κ3) is 1.22. The van der Waals surface area contributed by atoms with Crippen molar-refractivity contribution in [3.63, 3.8) is 0 Å². The maximum atomic E-state index is 4.08. The van der Waals surface area contributed by atoms with Gasteiger partial charge in [-0.15, -0.1) is 6.58 Å². The lowest BCUT2D eigenvalue weighted by Crippen LogP contribution is -2.49. The lowest BCUT2D eigenvalue weighted by Gasteiger charge is -2.43. The number of likely N-dealkylation sites (N-methyl/N-ethyl adjacent to an activating group) is 1. The standard InChI is InChI=1S/C16H22N2/c1-5-15(2,3)16-10-11-18(4)14(16)17-13-9-7-6-8-12(13)16/h5-9,14,17H,1,10-11H2,2-4H3/t14?,16-/m1/s1. The molecule has 0 amide bonds. The van der Waals surface area contributed by atoms with Crippen molar-refractivity contribution >= 4 is 5.69 Å². The normalized spacial score (nSPS) is 30.7. The summed E-state index contributed by atoms with van der Waals surface area (Å²) < 4.78 is 0. The molecule has 1 N–H and O–H groups in total. The number of allylic oxidation sites excluding steroid dienone is 1. The van der Waals surface area contributed by atoms with Gasteiger partial charge in [0.2, 0.25) is 0 Å². The highest BCUT2D eigenvalue weighted by Crippen LogP contribution is 2.57. The number of benzene rings is 1. The van der Waals surface area contributed by atoms with Crippen LogP contribution in [0.15, 0.2) is 36.9 Å². The third-order valence-corrected chi connectivity index (χ3v) is 5.13. The minimum absolute atomic E-state index is 0.0853. The molecule has 1 saturated heterocycles. The van der Waals surface area contributed by atoms with Gasteiger partial charge in [-0.05, 0) is 30.5 Å². The molecule has 2 aliphatic heterocycles. The van der Waals surface area contributed by atoms with Gasteiger partial charge in [0, 0.05) is 17.6 Å². The number of hydrogen-bond donors (Lipinski definition) is 1. The lowest BCUT2D eigenvalue weighted by molar-refractivity contribution is 0.178. The molecule has 2 nitrogen and oxygen atoms in total. The molecular weight excluding hydrogens is 220 g/mol. The minimum Gasteiger partial charge on any atom is -0.369 e. The number of anilines is 1. The van der Waals surface area contributed by atoms with E-state index < -0.39 is 0 Å². The van der Waals surface area contributed by atoms with Gasteiger partial charge in [-0.2, -0.15) is 0 Å². The van der Waals surface area contributed by atoms with E-state index in [-0.39, 0.29) is 10.8 Å². The molecule has 0 aliphatic carbocycles. The van der Waals surface area contributed by atoms with Gasteiger partial charge in [-0.3, -0.25) is 4.90 Å². The second kappa shape index (κ2) is 3.61. The maximum Gasteiger partial charge on any atom is 0.0899 e. The molecule has 0 saturated carbocycles. The molecule has 0 bridgehead atoms. The summed E-state index contributed by atoms with van der Waals surface area (Å²) in [6.45, 7) is 9.86. The molecule has 2 heterocycles. The second-order valence-electron chi connectivity index (χ2n) is 6.22. The van der Waals surface area contributed by atoms with Crippen molar-refractivity contribution in [3.8, 4) is 0 Å². The Hall–Kier alpha value is -1.28. The van der Waals surface area contributed by atoms with Crippen molar-refractivity contribution < 1.29 is 0 Å². The van der Waals surface area contributed by atoms with E-state index in [1.807, 2.05) is 0 Å². The molecule has 3 rings (SSSR count). The summed E-state index contributed by atoms with van der Waals surface area (Å²) in [5.74, 6) is 0. The summed E-state index contributed by atoms with van der Waals surface area (Å²) in [4.78, 5) is 2.44. The van der Waals surface area contributed by atoms with E-state index >= 15 is 0 Å². The van der Waals surface area contributed by atoms with E-state index in [4.69, 9.17) is 0 Å². The van der Waals surface area contributed by atoms with Gasteiger partial charge < -0.3 is 5.32 Å². The summed E-state index contributed by atoms with van der Waals surface area (Å²) in [6, 6.07) is 8.75. The van der Waals surface area contributed by atoms with Crippen LogP contribution in [0.3, 0.4) is 0 Å². The van der Waals surface area contributed by atoms with Crippen molar-refractivity contribution in [2.24, 2.45) is 5.41 Å². The van der Waals surface area contributed by atoms with Crippen molar-refractivity contribution in [2.75, 3.05) is 18.9 Å². The van der Waals surface area contributed by atoms with Crippen LogP contribution in [0.25, 0.3) is 0 Å². The highest BCUT2D eigenvalue weighted by molar-refractivity contribution is 5.64. The van der Waals surface area contributed by atoms with Gasteiger partial charge in [0.15, 0.2) is 0 Å². The average Bonchev–Trinajstić information content (AvgIpc) is 2.87. The van der Waals surface area contributed by atoms with Crippen LogP contribution in [0.1, 0.15) is 25.8 Å². The fraction of sp³-hybridized carbons (Fsp3) is 0.500. The Labute approximate surface area is 110 Å². The molecule has 1 unspecified atom stereocenters. The van der Waals surface area contributed by atoms with Crippen LogP contribution in [0.5, 0.6) is 0 Å². The van der Waals surface area contributed by atoms with E-state index in [0.717, 1.165) is 6.54 Å². The van der Waals surface area contributed by atoms with E-state index in [0.29, 0.717) is 6.17 Å². The Kier molecular flexibility index (Phi) is 2.36. The summed E-state index contributed by atoms with van der Waals surface area (Å²) in [5, 5.41) is 3.71. The minimum atomic E-state index is 0.0853. The summed E-state index contributed by atoms with van der Waals surface area (Å²) in [6.07, 6.45) is 3.71. The van der Waals surface area contributed by atoms with E-state index in [1.165, 1.54) is 17.7 Å². The first kappa shape index (κ1) is 11.8. The molecular formula is C16H22N2. The monoisotopic (exact) mass is 242 g/mol. The fourth-order valence-corrected chi connectivity index (χ4v) is 3.86. The number of nitrogens with one attached hydrogen (secondary N) is 1. The molecule has 2 atom stereocenters. The number of likely N-dealkylation sites (tertiary alicyclic amines) is 1. The fourth-order valence-electron chi connectivity index (χ4n) is 3.86. The quantitative estimate of drug-likeness (QED) is 0.801. The van der Waals surface area contributed by atoms with Crippen molar-refractivity contribution in [2.45, 2.75) is 31.8 Å². The number of hydrogen-bond acceptors (Lipinski definition) is 2. The summed E-state index contributed by atoms with van der Waals surface area (Å²) in [7, 11) is 2.21. The molecule has 1 aromatic carbocycles. The van der Waals surface area contributed by atoms with Gasteiger partial charge in [-0.1, -0.05) is 38.1 Å². The van der Waals surface area contributed by atoms with Crippen LogP contribution >= 0.6 is 0 Å². The number of fused-ring (bicyclic) bond motifs is 3. The first-order valence-corrected chi connectivity index (χ1v) is 6.73. The second-order valence-corrected chi connectivity index (χ2v) is 6.22. The van der Waals surface area contributed by atoms with Crippen molar-refractivity contribution in [1.29, 1.82) is 0 Å². The van der Waals surface area contributed by atoms with Crippen LogP contribution in [0.2, 0.25) is 0 Å². The number of nitrogens with zero attached hydrogens (tertiary/aromatic N) is 1. The highest BCUT2D eigenvalue weighted by atomic mass is 15.3. The SMILES string of the molecule is C=CC(C)(C)[C@@]12CCN(C)C1Nc1ccccc12. The Morgan fingerprint density at radius 1 is 1.44 bits per heavy atom. The number of rotatable bonds is 2. The Balaban J connectivity index is 2.23. The molecule has 0 aromatic heterocycles. The van der Waals surface area contributed by atoms with Crippen LogP contribution in [0.4, 0.5) is 5.69 Å². The molecule has 2 aliphatic rings. The zero-order valence-electron chi connectivity index (χ0n) is 11.5. The molecule has 2 heteroatoms. The first-order valence-electron chi connectivity index (χ1n) is 6.73. The van der Waals surface area contributed by atoms with Crippen LogP contribution in [0, 0.1) is 5.41 Å². The summed E-state index contributed by atoms with van der Waals surface area (Å²) in [5.41, 5.74) is 3.00.